The lowest BCUT2D eigenvalue weighted by Crippen LogP contribution is -2.27. The molecule has 0 aliphatic heterocycles. The van der Waals surface area contributed by atoms with Gasteiger partial charge in [0.15, 0.2) is 6.61 Å². The molecule has 0 saturated carbocycles. The Labute approximate surface area is 141 Å². The van der Waals surface area contributed by atoms with Crippen molar-refractivity contribution in [2.45, 2.75) is 26.7 Å². The number of hydrogen-bond donors (Lipinski definition) is 1. The Morgan fingerprint density at radius 2 is 2.22 bits per heavy atom. The predicted molar refractivity (Wildman–Crippen MR) is 93.8 cm³/mol. The Kier molecular flexibility index (Phi) is 5.99. The summed E-state index contributed by atoms with van der Waals surface area (Å²) in [5.41, 5.74) is 5.65. The lowest BCUT2D eigenvalue weighted by Gasteiger charge is -2.22. The van der Waals surface area contributed by atoms with E-state index in [0.717, 1.165) is 29.7 Å². The van der Waals surface area contributed by atoms with Gasteiger partial charge in [-0.15, -0.1) is 0 Å². The summed E-state index contributed by atoms with van der Waals surface area (Å²) in [5.74, 6) is 0.546. The third-order valence-electron chi connectivity index (χ3n) is 3.81. The molecule has 1 N–H and O–H groups in total. The van der Waals surface area contributed by atoms with Gasteiger partial charge < -0.3 is 4.74 Å². The predicted octanol–water partition coefficient (Wildman–Crippen LogP) is 4.12. The molecule has 122 valence electrons. The summed E-state index contributed by atoms with van der Waals surface area (Å²) >= 11 is 5.97. The highest BCUT2D eigenvalue weighted by Crippen LogP contribution is 2.26. The molecule has 1 amide bonds. The van der Waals surface area contributed by atoms with Crippen LogP contribution in [0.15, 0.2) is 53.2 Å². The van der Waals surface area contributed by atoms with Gasteiger partial charge in [0.25, 0.3) is 5.91 Å². The average Bonchev–Trinajstić information content (AvgIpc) is 2.53. The smallest absolute Gasteiger partial charge is 0.277 e. The van der Waals surface area contributed by atoms with Crippen molar-refractivity contribution >= 4 is 23.2 Å². The van der Waals surface area contributed by atoms with E-state index in [1.807, 2.05) is 13.8 Å². The Morgan fingerprint density at radius 3 is 2.91 bits per heavy atom. The molecule has 23 heavy (non-hydrogen) atoms. The number of para-hydroxylation sites is 1. The van der Waals surface area contributed by atoms with Crippen LogP contribution in [0.2, 0.25) is 5.02 Å². The second-order valence-corrected chi connectivity index (χ2v) is 6.09. The second kappa shape index (κ2) is 7.97. The highest BCUT2D eigenvalue weighted by atomic mass is 35.5. The lowest BCUT2D eigenvalue weighted by molar-refractivity contribution is -0.123. The van der Waals surface area contributed by atoms with Crippen molar-refractivity contribution in [1.82, 2.24) is 5.43 Å². The van der Waals surface area contributed by atoms with Crippen molar-refractivity contribution in [2.75, 3.05) is 6.61 Å². The van der Waals surface area contributed by atoms with Gasteiger partial charge >= 0.3 is 0 Å². The van der Waals surface area contributed by atoms with Gasteiger partial charge in [-0.05, 0) is 50.3 Å². The molecule has 1 unspecified atom stereocenters. The number of allylic oxidation sites excluding steroid dienone is 3. The molecule has 0 radical (unpaired) electrons. The molecule has 0 saturated heterocycles. The molecule has 1 aromatic carbocycles. The molecule has 2 rings (SSSR count). The van der Waals surface area contributed by atoms with Crippen LogP contribution in [0.4, 0.5) is 0 Å². The van der Waals surface area contributed by atoms with Gasteiger partial charge in [0.05, 0.1) is 10.7 Å². The lowest BCUT2D eigenvalue weighted by atomic mass is 9.85. The summed E-state index contributed by atoms with van der Waals surface area (Å²) in [6, 6.07) is 7.03. The highest BCUT2D eigenvalue weighted by molar-refractivity contribution is 6.32. The highest BCUT2D eigenvalue weighted by Gasteiger charge is 2.18. The van der Waals surface area contributed by atoms with Crippen LogP contribution in [0.3, 0.4) is 0 Å². The molecule has 0 fully saturated rings. The molecular weight excluding hydrogens is 312 g/mol. The minimum atomic E-state index is -0.317. The third kappa shape index (κ3) is 4.96. The number of rotatable bonds is 5. The maximum absolute atomic E-state index is 11.9. The van der Waals surface area contributed by atoms with E-state index in [9.17, 15) is 4.79 Å². The van der Waals surface area contributed by atoms with Gasteiger partial charge in [-0.3, -0.25) is 4.79 Å². The van der Waals surface area contributed by atoms with Crippen LogP contribution in [0.5, 0.6) is 5.75 Å². The number of nitrogens with one attached hydrogen (secondary N) is 1. The molecule has 1 atom stereocenters. The third-order valence-corrected chi connectivity index (χ3v) is 4.12. The number of hydrogen-bond acceptors (Lipinski definition) is 3. The van der Waals surface area contributed by atoms with E-state index in [2.05, 4.69) is 23.2 Å². The number of hydrazone groups is 1. The monoisotopic (exact) mass is 332 g/mol. The first-order valence-electron chi connectivity index (χ1n) is 7.52. The minimum absolute atomic E-state index is 0.132. The Balaban J connectivity index is 1.90. The molecule has 1 aliphatic carbocycles. The topological polar surface area (TPSA) is 50.7 Å². The normalized spacial score (nSPS) is 19.2. The van der Waals surface area contributed by atoms with Crippen LogP contribution in [-0.4, -0.2) is 18.2 Å². The summed E-state index contributed by atoms with van der Waals surface area (Å²) < 4.78 is 5.38. The Hall–Kier alpha value is -2.07. The van der Waals surface area contributed by atoms with E-state index in [0.29, 0.717) is 16.7 Å². The number of carbonyl (C=O) groups excluding carboxylic acids is 1. The quantitative estimate of drug-likeness (QED) is 0.651. The van der Waals surface area contributed by atoms with Gasteiger partial charge in [0.1, 0.15) is 5.75 Å². The average molecular weight is 333 g/mol. The molecule has 4 nitrogen and oxygen atoms in total. The van der Waals surface area contributed by atoms with Crippen LogP contribution in [0.25, 0.3) is 0 Å². The van der Waals surface area contributed by atoms with Crippen molar-refractivity contribution in [2.24, 2.45) is 11.0 Å². The van der Waals surface area contributed by atoms with Crippen molar-refractivity contribution in [1.29, 1.82) is 0 Å². The summed E-state index contributed by atoms with van der Waals surface area (Å²) in [6.07, 6.45) is 3.90. The van der Waals surface area contributed by atoms with Crippen molar-refractivity contribution < 1.29 is 9.53 Å². The fourth-order valence-electron chi connectivity index (χ4n) is 2.29. The van der Waals surface area contributed by atoms with Crippen LogP contribution < -0.4 is 10.2 Å². The molecule has 5 heteroatoms. The van der Waals surface area contributed by atoms with E-state index in [1.54, 1.807) is 24.3 Å². The van der Waals surface area contributed by atoms with E-state index in [1.165, 1.54) is 0 Å². The second-order valence-electron chi connectivity index (χ2n) is 5.68. The SMILES string of the molecule is C=C(C)C1CC=C(C)/C(=N/NC(=O)COc2ccccc2Cl)C1. The Morgan fingerprint density at radius 1 is 1.48 bits per heavy atom. The summed E-state index contributed by atoms with van der Waals surface area (Å²) in [5, 5.41) is 4.70. The molecule has 0 spiro atoms. The zero-order valence-corrected chi connectivity index (χ0v) is 14.2. The van der Waals surface area contributed by atoms with Gasteiger partial charge in [0, 0.05) is 0 Å². The molecule has 1 aliphatic rings. The number of ether oxygens (including phenoxy) is 1. The van der Waals surface area contributed by atoms with Crippen LogP contribution in [0, 0.1) is 5.92 Å². The fraction of sp³-hybridized carbons (Fsp3) is 0.333. The van der Waals surface area contributed by atoms with E-state index < -0.39 is 0 Å². The number of halogens is 1. The standard InChI is InChI=1S/C18H21ClN2O2/c1-12(2)14-9-8-13(3)16(10-14)20-21-18(22)11-23-17-7-5-4-6-15(17)19/h4-8,14H,1,9-11H2,2-3H3,(H,21,22)/b20-16+. The zero-order chi connectivity index (χ0) is 16.8. The van der Waals surface area contributed by atoms with Crippen molar-refractivity contribution in [3.63, 3.8) is 0 Å². The Bertz CT molecular complexity index is 665. The van der Waals surface area contributed by atoms with E-state index >= 15 is 0 Å². The number of benzene rings is 1. The largest absolute Gasteiger partial charge is 0.482 e. The van der Waals surface area contributed by atoms with Gasteiger partial charge in [-0.25, -0.2) is 5.43 Å². The van der Waals surface area contributed by atoms with Crippen molar-refractivity contribution in [3.8, 4) is 5.75 Å². The number of carbonyl (C=O) groups is 1. The van der Waals surface area contributed by atoms with Crippen molar-refractivity contribution in [3.05, 3.63) is 53.1 Å². The van der Waals surface area contributed by atoms with Crippen LogP contribution in [-0.2, 0) is 4.79 Å². The van der Waals surface area contributed by atoms with Crippen LogP contribution in [0.1, 0.15) is 26.7 Å². The number of amides is 1. The molecular formula is C18H21ClN2O2. The minimum Gasteiger partial charge on any atom is -0.482 e. The van der Waals surface area contributed by atoms with Crippen LogP contribution >= 0.6 is 11.6 Å². The van der Waals surface area contributed by atoms with Gasteiger partial charge in [-0.1, -0.05) is 42.0 Å². The fourth-order valence-corrected chi connectivity index (χ4v) is 2.48. The maximum Gasteiger partial charge on any atom is 0.277 e. The summed E-state index contributed by atoms with van der Waals surface area (Å²) in [4.78, 5) is 11.9. The molecule has 0 heterocycles. The van der Waals surface area contributed by atoms with E-state index in [-0.39, 0.29) is 12.5 Å². The molecule has 1 aromatic rings. The van der Waals surface area contributed by atoms with Gasteiger partial charge in [-0.2, -0.15) is 5.10 Å². The van der Waals surface area contributed by atoms with Gasteiger partial charge in [0.2, 0.25) is 0 Å². The first-order valence-corrected chi connectivity index (χ1v) is 7.90. The first kappa shape index (κ1) is 17.3. The van der Waals surface area contributed by atoms with E-state index in [4.69, 9.17) is 16.3 Å². The zero-order valence-electron chi connectivity index (χ0n) is 13.4. The molecule has 0 aromatic heterocycles. The first-order chi connectivity index (χ1) is 11.0. The molecule has 0 bridgehead atoms. The maximum atomic E-state index is 11.9. The summed E-state index contributed by atoms with van der Waals surface area (Å²) in [7, 11) is 0. The number of nitrogens with zero attached hydrogens (tertiary/aromatic N) is 1. The summed E-state index contributed by atoms with van der Waals surface area (Å²) in [6.45, 7) is 7.89.